The van der Waals surface area contributed by atoms with Crippen molar-refractivity contribution in [1.29, 1.82) is 0 Å². The average molecular weight is 253 g/mol. The van der Waals surface area contributed by atoms with Gasteiger partial charge in [0, 0.05) is 6.04 Å². The van der Waals surface area contributed by atoms with E-state index < -0.39 is 0 Å². The fraction of sp³-hybridized carbons (Fsp3) is 0.800. The van der Waals surface area contributed by atoms with Crippen LogP contribution in [0.4, 0.5) is 0 Å². The maximum Gasteiger partial charge on any atom is 0.307 e. The van der Waals surface area contributed by atoms with Crippen molar-refractivity contribution in [2.45, 2.75) is 46.1 Å². The number of rotatable bonds is 5. The molecule has 0 aromatic rings. The highest BCUT2D eigenvalue weighted by Gasteiger charge is 2.29. The molecular weight excluding hydrogens is 226 g/mol. The zero-order chi connectivity index (χ0) is 13.7. The van der Waals surface area contributed by atoms with Crippen LogP contribution >= 0.6 is 0 Å². The lowest BCUT2D eigenvalue weighted by atomic mass is 9.78. The van der Waals surface area contributed by atoms with Crippen LogP contribution in [0.5, 0.6) is 0 Å². The molecule has 0 aromatic heterocycles. The largest absolute Gasteiger partial charge is 0.466 e. The van der Waals surface area contributed by atoms with Crippen molar-refractivity contribution in [1.82, 2.24) is 4.90 Å². The Morgan fingerprint density at radius 3 is 2.72 bits per heavy atom. The van der Waals surface area contributed by atoms with Gasteiger partial charge < -0.3 is 9.64 Å². The highest BCUT2D eigenvalue weighted by Crippen LogP contribution is 2.32. The Labute approximate surface area is 111 Å². The molecule has 0 saturated heterocycles. The van der Waals surface area contributed by atoms with E-state index in [1.807, 2.05) is 6.92 Å². The fourth-order valence-corrected chi connectivity index (χ4v) is 3.05. The van der Waals surface area contributed by atoms with Crippen molar-refractivity contribution in [2.75, 3.05) is 20.7 Å². The van der Waals surface area contributed by atoms with Crippen molar-refractivity contribution < 1.29 is 9.53 Å². The van der Waals surface area contributed by atoms with Crippen molar-refractivity contribution >= 4 is 5.97 Å². The predicted molar refractivity (Wildman–Crippen MR) is 74.4 cm³/mol. The molecule has 0 bridgehead atoms. The summed E-state index contributed by atoms with van der Waals surface area (Å²) in [5.74, 6) is 1.11. The Morgan fingerprint density at radius 2 is 2.22 bits per heavy atom. The summed E-state index contributed by atoms with van der Waals surface area (Å²) in [6, 6.07) is 0.287. The van der Waals surface area contributed by atoms with E-state index in [-0.39, 0.29) is 12.0 Å². The van der Waals surface area contributed by atoms with Crippen LogP contribution in [0.2, 0.25) is 0 Å². The Kier molecular flexibility index (Phi) is 5.86. The number of ether oxygens (including phenoxy) is 1. The second-order valence-corrected chi connectivity index (χ2v) is 5.73. The summed E-state index contributed by atoms with van der Waals surface area (Å²) in [6.45, 7) is 6.78. The van der Waals surface area contributed by atoms with Gasteiger partial charge in [0.1, 0.15) is 0 Å². The number of hydrogen-bond acceptors (Lipinski definition) is 3. The van der Waals surface area contributed by atoms with Gasteiger partial charge >= 0.3 is 5.97 Å². The Morgan fingerprint density at radius 1 is 1.56 bits per heavy atom. The predicted octanol–water partition coefficient (Wildman–Crippen LogP) is 2.86. The van der Waals surface area contributed by atoms with E-state index in [1.165, 1.54) is 12.0 Å². The van der Waals surface area contributed by atoms with Crippen LogP contribution in [0, 0.1) is 11.8 Å². The summed E-state index contributed by atoms with van der Waals surface area (Å²) in [7, 11) is 4.12. The lowest BCUT2D eigenvalue weighted by Gasteiger charge is -2.35. The van der Waals surface area contributed by atoms with Gasteiger partial charge in [0.15, 0.2) is 0 Å². The first kappa shape index (κ1) is 15.2. The summed E-state index contributed by atoms with van der Waals surface area (Å²) in [4.78, 5) is 13.9. The third-order valence-corrected chi connectivity index (χ3v) is 3.72. The fourth-order valence-electron chi connectivity index (χ4n) is 3.05. The number of allylic oxidation sites excluding steroid dienone is 2. The molecule has 3 unspecified atom stereocenters. The second kappa shape index (κ2) is 6.93. The van der Waals surface area contributed by atoms with Crippen molar-refractivity contribution in [3.8, 4) is 0 Å². The normalized spacial score (nSPS) is 25.8. The molecule has 1 aliphatic carbocycles. The second-order valence-electron chi connectivity index (χ2n) is 5.73. The summed E-state index contributed by atoms with van der Waals surface area (Å²) in [5, 5.41) is 0. The molecule has 0 amide bonds. The van der Waals surface area contributed by atoms with Crippen LogP contribution in [-0.2, 0) is 9.53 Å². The van der Waals surface area contributed by atoms with E-state index in [2.05, 4.69) is 38.9 Å². The lowest BCUT2D eigenvalue weighted by Crippen LogP contribution is -2.39. The molecule has 3 atom stereocenters. The molecule has 0 fully saturated rings. The quantitative estimate of drug-likeness (QED) is 0.557. The maximum atomic E-state index is 11.7. The van der Waals surface area contributed by atoms with E-state index in [4.69, 9.17) is 4.74 Å². The molecule has 0 N–H and O–H groups in total. The van der Waals surface area contributed by atoms with Gasteiger partial charge in [-0.05, 0) is 52.6 Å². The highest BCUT2D eigenvalue weighted by atomic mass is 16.5. The minimum absolute atomic E-state index is 0.0731. The van der Waals surface area contributed by atoms with Gasteiger partial charge in [0.2, 0.25) is 0 Å². The maximum absolute atomic E-state index is 11.7. The zero-order valence-electron chi connectivity index (χ0n) is 12.4. The van der Waals surface area contributed by atoms with Gasteiger partial charge in [-0.3, -0.25) is 4.79 Å². The van der Waals surface area contributed by atoms with Crippen LogP contribution in [0.15, 0.2) is 11.6 Å². The SMILES string of the molecule is CCOC(=O)CC(C1CC(C)=CC(C)C1)N(C)C. The summed E-state index contributed by atoms with van der Waals surface area (Å²) < 4.78 is 5.09. The molecule has 0 heterocycles. The molecule has 104 valence electrons. The van der Waals surface area contributed by atoms with E-state index in [0.717, 1.165) is 6.42 Å². The molecular formula is C15H27NO2. The van der Waals surface area contributed by atoms with Crippen LogP contribution < -0.4 is 0 Å². The van der Waals surface area contributed by atoms with Crippen LogP contribution in [0.1, 0.15) is 40.0 Å². The Hall–Kier alpha value is -0.830. The van der Waals surface area contributed by atoms with Gasteiger partial charge in [-0.15, -0.1) is 0 Å². The highest BCUT2D eigenvalue weighted by molar-refractivity contribution is 5.70. The van der Waals surface area contributed by atoms with Gasteiger partial charge in [0.25, 0.3) is 0 Å². The number of esters is 1. The molecule has 1 rings (SSSR count). The molecule has 0 radical (unpaired) electrons. The minimum Gasteiger partial charge on any atom is -0.466 e. The molecule has 1 aliphatic rings. The zero-order valence-corrected chi connectivity index (χ0v) is 12.4. The monoisotopic (exact) mass is 253 g/mol. The van der Waals surface area contributed by atoms with Gasteiger partial charge in [-0.25, -0.2) is 0 Å². The van der Waals surface area contributed by atoms with Gasteiger partial charge in [0.05, 0.1) is 13.0 Å². The molecule has 3 nitrogen and oxygen atoms in total. The molecule has 0 spiro atoms. The number of carbonyl (C=O) groups excluding carboxylic acids is 1. The molecule has 0 saturated carbocycles. The standard InChI is InChI=1S/C15H27NO2/c1-6-18-15(17)10-14(16(4)5)13-8-11(2)7-12(3)9-13/h7,11,13-14H,6,8-10H2,1-5H3. The van der Waals surface area contributed by atoms with E-state index in [9.17, 15) is 4.79 Å². The third kappa shape index (κ3) is 4.45. The third-order valence-electron chi connectivity index (χ3n) is 3.72. The molecule has 0 aliphatic heterocycles. The van der Waals surface area contributed by atoms with Crippen LogP contribution in [0.25, 0.3) is 0 Å². The first-order valence-corrected chi connectivity index (χ1v) is 6.93. The van der Waals surface area contributed by atoms with Crippen molar-refractivity contribution in [3.63, 3.8) is 0 Å². The first-order chi connectivity index (χ1) is 8.43. The smallest absolute Gasteiger partial charge is 0.307 e. The van der Waals surface area contributed by atoms with E-state index >= 15 is 0 Å². The summed E-state index contributed by atoms with van der Waals surface area (Å²) in [6.07, 6.45) is 5.13. The first-order valence-electron chi connectivity index (χ1n) is 6.93. The summed E-state index contributed by atoms with van der Waals surface area (Å²) in [5.41, 5.74) is 1.45. The van der Waals surface area contributed by atoms with Gasteiger partial charge in [-0.1, -0.05) is 18.6 Å². The molecule has 0 aromatic carbocycles. The molecule has 18 heavy (non-hydrogen) atoms. The molecule has 3 heteroatoms. The van der Waals surface area contributed by atoms with Crippen LogP contribution in [0.3, 0.4) is 0 Å². The van der Waals surface area contributed by atoms with Crippen molar-refractivity contribution in [2.24, 2.45) is 11.8 Å². The average Bonchev–Trinajstić information content (AvgIpc) is 2.24. The minimum atomic E-state index is -0.0731. The number of nitrogens with zero attached hydrogens (tertiary/aromatic N) is 1. The Balaban J connectivity index is 2.68. The van der Waals surface area contributed by atoms with Gasteiger partial charge in [-0.2, -0.15) is 0 Å². The number of hydrogen-bond donors (Lipinski definition) is 0. The lowest BCUT2D eigenvalue weighted by molar-refractivity contribution is -0.145. The van der Waals surface area contributed by atoms with Crippen LogP contribution in [-0.4, -0.2) is 37.6 Å². The van der Waals surface area contributed by atoms with Crippen molar-refractivity contribution in [3.05, 3.63) is 11.6 Å². The summed E-state index contributed by atoms with van der Waals surface area (Å²) >= 11 is 0. The number of carbonyl (C=O) groups is 1. The topological polar surface area (TPSA) is 29.5 Å². The van der Waals surface area contributed by atoms with E-state index in [1.54, 1.807) is 0 Å². The van der Waals surface area contributed by atoms with E-state index in [0.29, 0.717) is 24.9 Å². The Bertz CT molecular complexity index is 310.